The third-order valence-electron chi connectivity index (χ3n) is 6.87. The van der Waals surface area contributed by atoms with Crippen molar-refractivity contribution < 1.29 is 13.6 Å². The van der Waals surface area contributed by atoms with Crippen LogP contribution in [-0.4, -0.2) is 45.4 Å². The Labute approximate surface area is 231 Å². The van der Waals surface area contributed by atoms with E-state index in [4.69, 9.17) is 4.98 Å². The summed E-state index contributed by atoms with van der Waals surface area (Å²) in [4.78, 5) is 33.0. The second-order valence-corrected chi connectivity index (χ2v) is 10.9. The molecule has 11 heteroatoms. The standard InChI is InChI=1S/C28H30F2N6O2.CH5N/c1-16-13-14-35(15-16)25-19(9-11-21-23(25)32-27(34(21)5)28(2,3)4)31-26(38)20-10-12-22(37)36(33-20)24-17(29)7-6-8-18(24)30;1-2/h6-12,16H,13-15H2,1-5H3,(H,31,38);2H2,1H3. The molecule has 2 aromatic carbocycles. The predicted octanol–water partition coefficient (Wildman–Crippen LogP) is 4.37. The Kier molecular flexibility index (Phi) is 8.06. The van der Waals surface area contributed by atoms with Gasteiger partial charge in [-0.25, -0.2) is 13.8 Å². The summed E-state index contributed by atoms with van der Waals surface area (Å²) in [6.45, 7) is 10.1. The first-order valence-corrected chi connectivity index (χ1v) is 13.1. The number of nitrogens with two attached hydrogens (primary N) is 1. The molecule has 0 spiro atoms. The van der Waals surface area contributed by atoms with E-state index in [1.54, 1.807) is 0 Å². The van der Waals surface area contributed by atoms with E-state index in [0.717, 1.165) is 60.3 Å². The number of halogens is 2. The van der Waals surface area contributed by atoms with Crippen molar-refractivity contribution >= 4 is 28.3 Å². The molecule has 3 heterocycles. The number of nitrogens with zero attached hydrogens (tertiary/aromatic N) is 5. The highest BCUT2D eigenvalue weighted by Crippen LogP contribution is 2.39. The van der Waals surface area contributed by atoms with Gasteiger partial charge in [-0.05, 0) is 49.7 Å². The van der Waals surface area contributed by atoms with Crippen LogP contribution in [0.4, 0.5) is 20.2 Å². The number of anilines is 2. The molecule has 2 aromatic heterocycles. The van der Waals surface area contributed by atoms with E-state index in [1.807, 2.05) is 19.2 Å². The van der Waals surface area contributed by atoms with Crippen LogP contribution in [-0.2, 0) is 12.5 Å². The monoisotopic (exact) mass is 551 g/mol. The van der Waals surface area contributed by atoms with Gasteiger partial charge in [0.25, 0.3) is 11.5 Å². The Bertz CT molecular complexity index is 1600. The molecule has 212 valence electrons. The number of benzene rings is 2. The van der Waals surface area contributed by atoms with Gasteiger partial charge in [-0.15, -0.1) is 0 Å². The van der Waals surface area contributed by atoms with Crippen LogP contribution in [0.1, 0.15) is 50.4 Å². The van der Waals surface area contributed by atoms with Crippen LogP contribution >= 0.6 is 0 Å². The molecule has 1 aliphatic rings. The quantitative estimate of drug-likeness (QED) is 0.390. The maximum Gasteiger partial charge on any atom is 0.276 e. The topological polar surface area (TPSA) is 111 Å². The number of carbonyl (C=O) groups is 1. The molecule has 5 rings (SSSR count). The third-order valence-corrected chi connectivity index (χ3v) is 6.87. The molecule has 1 aliphatic heterocycles. The third kappa shape index (κ3) is 5.33. The number of hydrogen-bond donors (Lipinski definition) is 2. The highest BCUT2D eigenvalue weighted by atomic mass is 19.1. The number of para-hydroxylation sites is 1. The lowest BCUT2D eigenvalue weighted by molar-refractivity contribution is 0.102. The lowest BCUT2D eigenvalue weighted by Crippen LogP contribution is -2.27. The van der Waals surface area contributed by atoms with Crippen molar-refractivity contribution in [3.8, 4) is 5.69 Å². The number of imidazole rings is 1. The van der Waals surface area contributed by atoms with Crippen molar-refractivity contribution in [3.63, 3.8) is 0 Å². The molecule has 0 bridgehead atoms. The summed E-state index contributed by atoms with van der Waals surface area (Å²) in [6, 6.07) is 9.29. The minimum Gasteiger partial charge on any atom is -0.368 e. The van der Waals surface area contributed by atoms with Crippen molar-refractivity contribution in [3.05, 3.63) is 76.0 Å². The molecular formula is C29H35F2N7O2. The summed E-state index contributed by atoms with van der Waals surface area (Å²) >= 11 is 0. The Morgan fingerprint density at radius 1 is 1.05 bits per heavy atom. The van der Waals surface area contributed by atoms with Crippen molar-refractivity contribution in [1.82, 2.24) is 19.3 Å². The average molecular weight is 552 g/mol. The SMILES string of the molecule is CC1CCN(c2c(NC(=O)c3ccc(=O)n(-c4c(F)cccc4F)n3)ccc3c2nc(C(C)(C)C)n3C)C1.CN. The van der Waals surface area contributed by atoms with E-state index >= 15 is 0 Å². The zero-order valence-corrected chi connectivity index (χ0v) is 23.6. The van der Waals surface area contributed by atoms with Gasteiger partial charge in [-0.2, -0.15) is 9.78 Å². The Morgan fingerprint density at radius 3 is 2.33 bits per heavy atom. The van der Waals surface area contributed by atoms with Gasteiger partial charge in [0.05, 0.1) is 16.9 Å². The molecule has 40 heavy (non-hydrogen) atoms. The number of aromatic nitrogens is 4. The molecule has 1 amide bonds. The largest absolute Gasteiger partial charge is 0.368 e. The average Bonchev–Trinajstić information content (AvgIpc) is 3.49. The van der Waals surface area contributed by atoms with Gasteiger partial charge in [-0.1, -0.05) is 33.8 Å². The Balaban J connectivity index is 0.00000181. The highest BCUT2D eigenvalue weighted by molar-refractivity contribution is 6.08. The minimum absolute atomic E-state index is 0.163. The van der Waals surface area contributed by atoms with Crippen molar-refractivity contribution in [2.45, 2.75) is 39.5 Å². The second kappa shape index (κ2) is 11.2. The molecule has 9 nitrogen and oxygen atoms in total. The fourth-order valence-corrected chi connectivity index (χ4v) is 5.04. The fourth-order valence-electron chi connectivity index (χ4n) is 5.04. The minimum atomic E-state index is -0.960. The molecule has 1 saturated heterocycles. The van der Waals surface area contributed by atoms with Crippen molar-refractivity contribution in [2.24, 2.45) is 18.7 Å². The zero-order chi connectivity index (χ0) is 29.4. The van der Waals surface area contributed by atoms with Crippen LogP contribution in [0.15, 0.2) is 47.3 Å². The summed E-state index contributed by atoms with van der Waals surface area (Å²) in [5.74, 6) is -1.13. The number of hydrogen-bond acceptors (Lipinski definition) is 6. The van der Waals surface area contributed by atoms with E-state index in [-0.39, 0.29) is 11.1 Å². The number of rotatable bonds is 4. The first kappa shape index (κ1) is 28.9. The molecule has 0 radical (unpaired) electrons. The first-order chi connectivity index (χ1) is 19.0. The normalized spacial score (nSPS) is 15.2. The highest BCUT2D eigenvalue weighted by Gasteiger charge is 2.29. The maximum absolute atomic E-state index is 14.4. The van der Waals surface area contributed by atoms with E-state index in [1.165, 1.54) is 19.2 Å². The van der Waals surface area contributed by atoms with Crippen LogP contribution < -0.4 is 21.5 Å². The van der Waals surface area contributed by atoms with E-state index in [2.05, 4.69) is 53.3 Å². The van der Waals surface area contributed by atoms with E-state index < -0.39 is 28.8 Å². The maximum atomic E-state index is 14.4. The van der Waals surface area contributed by atoms with Gasteiger partial charge in [0.1, 0.15) is 22.7 Å². The van der Waals surface area contributed by atoms with Crippen molar-refractivity contribution in [2.75, 3.05) is 30.4 Å². The van der Waals surface area contributed by atoms with Gasteiger partial charge in [-0.3, -0.25) is 9.59 Å². The summed E-state index contributed by atoms with van der Waals surface area (Å²) in [5.41, 5.74) is 5.85. The van der Waals surface area contributed by atoms with Gasteiger partial charge in [0.15, 0.2) is 11.6 Å². The van der Waals surface area contributed by atoms with Gasteiger partial charge in [0, 0.05) is 31.6 Å². The van der Waals surface area contributed by atoms with Gasteiger partial charge >= 0.3 is 0 Å². The molecule has 1 atom stereocenters. The van der Waals surface area contributed by atoms with E-state index in [0.29, 0.717) is 16.3 Å². The summed E-state index contributed by atoms with van der Waals surface area (Å²) < 4.78 is 31.4. The smallest absolute Gasteiger partial charge is 0.276 e. The van der Waals surface area contributed by atoms with Gasteiger partial charge in [0.2, 0.25) is 0 Å². The summed E-state index contributed by atoms with van der Waals surface area (Å²) in [5, 5.41) is 6.90. The van der Waals surface area contributed by atoms with Crippen LogP contribution in [0.25, 0.3) is 16.7 Å². The Hall–Kier alpha value is -4.12. The van der Waals surface area contributed by atoms with Crippen LogP contribution in [0.2, 0.25) is 0 Å². The number of nitrogens with one attached hydrogen (secondary N) is 1. The molecule has 3 N–H and O–H groups in total. The molecule has 0 saturated carbocycles. The molecule has 1 unspecified atom stereocenters. The Morgan fingerprint density at radius 2 is 1.73 bits per heavy atom. The molecule has 0 aliphatic carbocycles. The zero-order valence-electron chi connectivity index (χ0n) is 23.6. The van der Waals surface area contributed by atoms with Gasteiger partial charge < -0.3 is 20.5 Å². The molecular weight excluding hydrogens is 516 g/mol. The second-order valence-electron chi connectivity index (χ2n) is 10.9. The summed E-state index contributed by atoms with van der Waals surface area (Å²) in [6.07, 6.45) is 1.02. The number of carbonyl (C=O) groups excluding carboxylic acids is 1. The number of amides is 1. The van der Waals surface area contributed by atoms with Crippen molar-refractivity contribution in [1.29, 1.82) is 0 Å². The number of aryl methyl sites for hydroxylation is 1. The molecule has 1 fully saturated rings. The fraction of sp³-hybridized carbons (Fsp3) is 0.379. The summed E-state index contributed by atoms with van der Waals surface area (Å²) in [7, 11) is 3.49. The molecule has 4 aromatic rings. The van der Waals surface area contributed by atoms with E-state index in [9.17, 15) is 18.4 Å². The lowest BCUT2D eigenvalue weighted by atomic mass is 9.96. The van der Waals surface area contributed by atoms with Crippen LogP contribution in [0.3, 0.4) is 0 Å². The first-order valence-electron chi connectivity index (χ1n) is 13.1. The number of fused-ring (bicyclic) bond motifs is 1. The lowest BCUT2D eigenvalue weighted by Gasteiger charge is -2.22. The predicted molar refractivity (Wildman–Crippen MR) is 153 cm³/mol. The van der Waals surface area contributed by atoms with Crippen LogP contribution in [0, 0.1) is 17.6 Å². The van der Waals surface area contributed by atoms with Crippen LogP contribution in [0.5, 0.6) is 0 Å².